The van der Waals surface area contributed by atoms with E-state index in [-0.39, 0.29) is 0 Å². The molecule has 6 aromatic rings. The van der Waals surface area contributed by atoms with E-state index in [0.29, 0.717) is 12.1 Å². The van der Waals surface area contributed by atoms with Crippen LogP contribution in [-0.4, -0.2) is 42.1 Å². The van der Waals surface area contributed by atoms with Crippen molar-refractivity contribution in [2.75, 3.05) is 9.80 Å². The van der Waals surface area contributed by atoms with Crippen LogP contribution in [0.1, 0.15) is 38.8 Å². The van der Waals surface area contributed by atoms with E-state index in [4.69, 9.17) is 0 Å². The van der Waals surface area contributed by atoms with Crippen LogP contribution < -0.4 is 9.80 Å². The summed E-state index contributed by atoms with van der Waals surface area (Å²) in [6.07, 6.45) is 0. The first-order chi connectivity index (χ1) is 22.3. The Morgan fingerprint density at radius 2 is 0.870 bits per heavy atom. The van der Waals surface area contributed by atoms with Gasteiger partial charge in [0.05, 0.1) is 11.4 Å². The van der Waals surface area contributed by atoms with Gasteiger partial charge in [0.15, 0.2) is 0 Å². The van der Waals surface area contributed by atoms with Crippen LogP contribution >= 0.6 is 0 Å². The zero-order chi connectivity index (χ0) is 31.9. The molecular weight excluding hydrogens is 568 g/mol. The van der Waals surface area contributed by atoms with Crippen LogP contribution in [0.5, 0.6) is 0 Å². The third-order valence-electron chi connectivity index (χ3n) is 9.06. The normalized spacial score (nSPS) is 13.1. The summed E-state index contributed by atoms with van der Waals surface area (Å²) in [7, 11) is 3.93. The van der Waals surface area contributed by atoms with Crippen LogP contribution in [-0.2, 0) is 27.2 Å². The van der Waals surface area contributed by atoms with E-state index >= 15 is 0 Å². The van der Waals surface area contributed by atoms with Gasteiger partial charge in [-0.2, -0.15) is 0 Å². The average Bonchev–Trinajstić information content (AvgIpc) is 3.62. The summed E-state index contributed by atoms with van der Waals surface area (Å²) in [6, 6.07) is 34.9. The number of hydrogen-bond donors (Lipinski definition) is 0. The zero-order valence-corrected chi connectivity index (χ0v) is 27.4. The molecule has 4 heterocycles. The Hall–Kier alpha value is -5.24. The Balaban J connectivity index is 0.000000147. The van der Waals surface area contributed by atoms with Crippen molar-refractivity contribution in [3.63, 3.8) is 0 Å². The summed E-state index contributed by atoms with van der Waals surface area (Å²) in [4.78, 5) is 4.88. The van der Waals surface area contributed by atoms with Crippen molar-refractivity contribution in [1.29, 1.82) is 0 Å². The third-order valence-corrected chi connectivity index (χ3v) is 9.06. The maximum Gasteiger partial charge on any atom is 0.123 e. The highest BCUT2D eigenvalue weighted by Crippen LogP contribution is 2.42. The molecule has 232 valence electrons. The van der Waals surface area contributed by atoms with Crippen LogP contribution in [0, 0.1) is 0 Å². The fraction of sp³-hybridized carbons (Fsp3) is 0.263. The summed E-state index contributed by atoms with van der Waals surface area (Å²) in [5.74, 6) is 0. The predicted molar refractivity (Wildman–Crippen MR) is 186 cm³/mol. The van der Waals surface area contributed by atoms with Gasteiger partial charge in [-0.25, -0.2) is 9.36 Å². The van der Waals surface area contributed by atoms with Gasteiger partial charge < -0.3 is 9.80 Å². The average molecular weight is 609 g/mol. The maximum atomic E-state index is 4.48. The number of para-hydroxylation sites is 2. The van der Waals surface area contributed by atoms with Crippen LogP contribution in [0.2, 0.25) is 0 Å². The van der Waals surface area contributed by atoms with E-state index < -0.39 is 0 Å². The summed E-state index contributed by atoms with van der Waals surface area (Å²) in [6.45, 7) is 10.7. The zero-order valence-electron chi connectivity index (χ0n) is 27.4. The van der Waals surface area contributed by atoms with Gasteiger partial charge in [-0.1, -0.05) is 95.4 Å². The topological polar surface area (TPSA) is 67.9 Å². The molecule has 0 unspecified atom stereocenters. The van der Waals surface area contributed by atoms with Crippen LogP contribution in [0.3, 0.4) is 0 Å². The molecule has 2 aliphatic heterocycles. The van der Waals surface area contributed by atoms with Crippen molar-refractivity contribution >= 4 is 11.4 Å². The molecule has 0 aliphatic carbocycles. The molecule has 0 atom stereocenters. The Kier molecular flexibility index (Phi) is 7.64. The lowest BCUT2D eigenvalue weighted by Crippen LogP contribution is -2.31. The highest BCUT2D eigenvalue weighted by atomic mass is 15.4. The predicted octanol–water partition coefficient (Wildman–Crippen LogP) is 7.76. The third kappa shape index (κ3) is 5.04. The number of rotatable bonds is 2. The van der Waals surface area contributed by atoms with Gasteiger partial charge in [0, 0.05) is 72.9 Å². The minimum Gasteiger partial charge on any atom is -0.364 e. The van der Waals surface area contributed by atoms with Gasteiger partial charge >= 0.3 is 0 Å². The van der Waals surface area contributed by atoms with E-state index in [1.807, 2.05) is 23.5 Å². The van der Waals surface area contributed by atoms with Crippen molar-refractivity contribution in [3.05, 3.63) is 108 Å². The first-order valence-electron chi connectivity index (χ1n) is 16.0. The molecule has 0 fully saturated rings. The lowest BCUT2D eigenvalue weighted by Gasteiger charge is -2.33. The second kappa shape index (κ2) is 11.9. The Morgan fingerprint density at radius 1 is 0.478 bits per heavy atom. The molecule has 0 N–H and O–H groups in total. The maximum absolute atomic E-state index is 4.48. The molecule has 8 heteroatoms. The fourth-order valence-corrected chi connectivity index (χ4v) is 6.77. The van der Waals surface area contributed by atoms with Crippen LogP contribution in [0.15, 0.2) is 97.1 Å². The van der Waals surface area contributed by atoms with Crippen LogP contribution in [0.25, 0.3) is 45.0 Å². The molecule has 8 rings (SSSR count). The minimum atomic E-state index is 0.405. The van der Waals surface area contributed by atoms with Crippen molar-refractivity contribution in [2.45, 2.75) is 52.9 Å². The minimum absolute atomic E-state index is 0.405. The summed E-state index contributed by atoms with van der Waals surface area (Å²) in [5.41, 5.74) is 13.9. The summed E-state index contributed by atoms with van der Waals surface area (Å²) < 4.78 is 3.77. The van der Waals surface area contributed by atoms with E-state index in [0.717, 1.165) is 41.4 Å². The molecule has 8 nitrogen and oxygen atoms in total. The van der Waals surface area contributed by atoms with Gasteiger partial charge in [-0.3, -0.25) is 0 Å². The molecule has 0 radical (unpaired) electrons. The number of hydrogen-bond acceptors (Lipinski definition) is 6. The largest absolute Gasteiger partial charge is 0.364 e. The number of anilines is 2. The number of aromatic nitrogens is 6. The number of nitrogens with zero attached hydrogens (tertiary/aromatic N) is 8. The van der Waals surface area contributed by atoms with Gasteiger partial charge in [-0.05, 0) is 51.0 Å². The van der Waals surface area contributed by atoms with Crippen LogP contribution in [0.4, 0.5) is 11.4 Å². The standard InChI is InChI=1S/2C19H20N4/c1-13(2)23-12-14-8-4-5-9-15(14)19-18(20-21-22(19)3)16-10-6-7-11-17(16)23;1-13(2)23-12-14-8-4-5-9-15(14)18-19(22(3)21-20-18)16-10-6-7-11-17(16)23/h2*4-11,13H,12H2,1-3H3. The molecule has 4 aromatic carbocycles. The van der Waals surface area contributed by atoms with E-state index in [2.05, 4.69) is 155 Å². The van der Waals surface area contributed by atoms with Gasteiger partial charge in [-0.15, -0.1) is 10.2 Å². The molecule has 2 aliphatic rings. The second-order valence-electron chi connectivity index (χ2n) is 12.6. The van der Waals surface area contributed by atoms with Crippen molar-refractivity contribution in [2.24, 2.45) is 14.1 Å². The smallest absolute Gasteiger partial charge is 0.123 e. The summed E-state index contributed by atoms with van der Waals surface area (Å²) >= 11 is 0. The molecule has 0 saturated carbocycles. The Morgan fingerprint density at radius 3 is 1.43 bits per heavy atom. The molecule has 0 bridgehead atoms. The highest BCUT2D eigenvalue weighted by Gasteiger charge is 2.28. The van der Waals surface area contributed by atoms with Gasteiger partial charge in [0.1, 0.15) is 11.4 Å². The highest BCUT2D eigenvalue weighted by molar-refractivity contribution is 5.89. The number of aryl methyl sites for hydroxylation is 2. The lowest BCUT2D eigenvalue weighted by molar-refractivity contribution is 0.681. The first-order valence-corrected chi connectivity index (χ1v) is 16.0. The molecule has 46 heavy (non-hydrogen) atoms. The van der Waals surface area contributed by atoms with Crippen molar-refractivity contribution < 1.29 is 0 Å². The van der Waals surface area contributed by atoms with Crippen molar-refractivity contribution in [3.8, 4) is 45.0 Å². The number of fused-ring (bicyclic) bond motifs is 10. The fourth-order valence-electron chi connectivity index (χ4n) is 6.77. The first kappa shape index (κ1) is 29.5. The van der Waals surface area contributed by atoms with E-state index in [1.165, 1.54) is 39.2 Å². The van der Waals surface area contributed by atoms with Crippen molar-refractivity contribution in [1.82, 2.24) is 30.0 Å². The Bertz CT molecular complexity index is 2020. The SMILES string of the molecule is CC(C)N1Cc2ccccc2-c2c(nnn2C)-c2ccccc21.CC(C)N1Cc2ccccc2-c2nnn(C)c2-c2ccccc21. The quantitative estimate of drug-likeness (QED) is 0.200. The molecule has 0 spiro atoms. The second-order valence-corrected chi connectivity index (χ2v) is 12.6. The monoisotopic (exact) mass is 608 g/mol. The van der Waals surface area contributed by atoms with E-state index in [1.54, 1.807) is 0 Å². The number of benzene rings is 4. The lowest BCUT2D eigenvalue weighted by atomic mass is 9.95. The van der Waals surface area contributed by atoms with E-state index in [9.17, 15) is 0 Å². The summed E-state index contributed by atoms with van der Waals surface area (Å²) in [5, 5.41) is 17.5. The molecule has 0 saturated heterocycles. The molecular formula is C38H40N8. The molecule has 0 amide bonds. The van der Waals surface area contributed by atoms with Gasteiger partial charge in [0.2, 0.25) is 0 Å². The molecule has 2 aromatic heterocycles. The van der Waals surface area contributed by atoms with Gasteiger partial charge in [0.25, 0.3) is 0 Å². The Labute approximate surface area is 270 Å².